The largest absolute Gasteiger partial charge is 0.360 e. The number of nitrogens with one attached hydrogen (secondary N) is 1. The van der Waals surface area contributed by atoms with Crippen molar-refractivity contribution in [2.45, 2.75) is 5.44 Å². The smallest absolute Gasteiger partial charge is 0.168 e. The van der Waals surface area contributed by atoms with E-state index in [2.05, 4.69) is 5.32 Å². The van der Waals surface area contributed by atoms with Crippen LogP contribution in [-0.2, 0) is 15.4 Å². The van der Waals surface area contributed by atoms with Crippen molar-refractivity contribution in [3.05, 3.63) is 0 Å². The maximum atomic E-state index is 10.2. The number of ether oxygens (including phenoxy) is 1. The molecule has 0 bridgehead atoms. The average Bonchev–Trinajstić information content (AvgIpc) is 1.90. The van der Waals surface area contributed by atoms with Crippen LogP contribution < -0.4 is 5.32 Å². The van der Waals surface area contributed by atoms with Gasteiger partial charge >= 0.3 is 0 Å². The molecule has 4 nitrogen and oxygen atoms in total. The minimum absolute atomic E-state index is 0. The molecule has 0 amide bonds. The van der Waals surface area contributed by atoms with Gasteiger partial charge in [-0.25, -0.2) is 8.42 Å². The summed E-state index contributed by atoms with van der Waals surface area (Å²) in [6.45, 7) is 1.67. The van der Waals surface area contributed by atoms with Crippen molar-refractivity contribution in [3.63, 3.8) is 0 Å². The van der Waals surface area contributed by atoms with Crippen LogP contribution in [0.5, 0.6) is 0 Å². The average molecular weight is 185 g/mol. The molecule has 0 radical (unpaired) electrons. The van der Waals surface area contributed by atoms with E-state index in [1.54, 1.807) is 0 Å². The summed E-state index contributed by atoms with van der Waals surface area (Å²) in [5, 5.41) is 2.91. The monoisotopic (exact) mass is 185 g/mol. The number of hydrogen-bond donors (Lipinski definition) is 2. The topological polar surface area (TPSA) is 55.4 Å². The van der Waals surface area contributed by atoms with Crippen LogP contribution in [0, 0.1) is 0 Å². The molecule has 1 atom stereocenters. The molecular formula is C4H11NO3S2. The molecule has 1 rings (SSSR count). The molecule has 0 aromatic rings. The molecule has 1 saturated heterocycles. The van der Waals surface area contributed by atoms with Crippen LogP contribution in [0.15, 0.2) is 0 Å². The van der Waals surface area contributed by atoms with Crippen molar-refractivity contribution in [2.24, 2.45) is 0 Å². The van der Waals surface area contributed by atoms with Crippen molar-refractivity contribution < 1.29 is 13.2 Å². The normalized spacial score (nSPS) is 25.9. The van der Waals surface area contributed by atoms with Crippen LogP contribution >= 0.6 is 13.5 Å². The van der Waals surface area contributed by atoms with Crippen molar-refractivity contribution in [1.29, 1.82) is 0 Å². The van der Waals surface area contributed by atoms with Gasteiger partial charge in [0, 0.05) is 13.1 Å². The minimum Gasteiger partial charge on any atom is -0.360 e. The lowest BCUT2D eigenvalue weighted by Gasteiger charge is -2.17. The summed E-state index contributed by atoms with van der Waals surface area (Å²) in [4.78, 5) is 0. The van der Waals surface area contributed by atoms with Crippen LogP contribution in [0.3, 0.4) is 0 Å². The summed E-state index contributed by atoms with van der Waals surface area (Å²) in [6, 6.07) is 0. The fraction of sp³-hybridized carbons (Fsp3) is 1.00. The van der Waals surface area contributed by atoms with E-state index >= 15 is 0 Å². The third-order valence-electron chi connectivity index (χ3n) is 1.14. The lowest BCUT2D eigenvalue weighted by atomic mass is 10.5. The fourth-order valence-corrected chi connectivity index (χ4v) is 1.19. The second kappa shape index (κ2) is 4.95. The standard InChI is InChI=1S/C4H9NO3S.H2S/c6-9(7)4-3-5-1-2-8-4;/h4-5,9H,1-3H2;1H2. The zero-order valence-corrected chi connectivity index (χ0v) is 7.27. The summed E-state index contributed by atoms with van der Waals surface area (Å²) in [5.74, 6) is 0. The van der Waals surface area contributed by atoms with Gasteiger partial charge in [-0.15, -0.1) is 0 Å². The summed E-state index contributed by atoms with van der Waals surface area (Å²) in [7, 11) is -2.40. The molecule has 0 saturated carbocycles. The maximum Gasteiger partial charge on any atom is 0.168 e. The van der Waals surface area contributed by atoms with Crippen molar-refractivity contribution in [2.75, 3.05) is 19.7 Å². The van der Waals surface area contributed by atoms with E-state index in [1.165, 1.54) is 0 Å². The van der Waals surface area contributed by atoms with E-state index in [-0.39, 0.29) is 13.5 Å². The van der Waals surface area contributed by atoms with E-state index in [4.69, 9.17) is 4.74 Å². The molecule has 0 aromatic carbocycles. The lowest BCUT2D eigenvalue weighted by molar-refractivity contribution is 0.0807. The number of thiol groups is 1. The minimum atomic E-state index is -2.40. The van der Waals surface area contributed by atoms with E-state index in [0.717, 1.165) is 6.54 Å². The van der Waals surface area contributed by atoms with E-state index in [9.17, 15) is 8.42 Å². The van der Waals surface area contributed by atoms with Gasteiger partial charge < -0.3 is 10.1 Å². The molecule has 1 aliphatic heterocycles. The first-order valence-electron chi connectivity index (χ1n) is 2.76. The van der Waals surface area contributed by atoms with Gasteiger partial charge in [0.1, 0.15) is 0 Å². The Balaban J connectivity index is 0.000000810. The number of morpholine rings is 1. The third kappa shape index (κ3) is 2.87. The molecule has 1 N–H and O–H groups in total. The van der Waals surface area contributed by atoms with Gasteiger partial charge in [0.15, 0.2) is 16.1 Å². The van der Waals surface area contributed by atoms with Crippen LogP contribution in [0.4, 0.5) is 0 Å². The first-order chi connectivity index (χ1) is 4.30. The van der Waals surface area contributed by atoms with Gasteiger partial charge in [0.05, 0.1) is 6.61 Å². The highest BCUT2D eigenvalue weighted by Gasteiger charge is 2.14. The predicted octanol–water partition coefficient (Wildman–Crippen LogP) is -1.34. The van der Waals surface area contributed by atoms with Gasteiger partial charge in [-0.1, -0.05) is 0 Å². The second-order valence-electron chi connectivity index (χ2n) is 1.81. The molecule has 1 heterocycles. The van der Waals surface area contributed by atoms with E-state index in [1.807, 2.05) is 0 Å². The third-order valence-corrected chi connectivity index (χ3v) is 1.95. The molecule has 1 unspecified atom stereocenters. The summed E-state index contributed by atoms with van der Waals surface area (Å²) < 4.78 is 25.3. The molecule has 0 aromatic heterocycles. The quantitative estimate of drug-likeness (QED) is 0.496. The molecule has 1 aliphatic rings. The zero-order chi connectivity index (χ0) is 6.69. The van der Waals surface area contributed by atoms with Gasteiger partial charge in [-0.2, -0.15) is 13.5 Å². The number of rotatable bonds is 1. The lowest BCUT2D eigenvalue weighted by Crippen LogP contribution is -2.39. The van der Waals surface area contributed by atoms with Gasteiger partial charge in [0.25, 0.3) is 0 Å². The summed E-state index contributed by atoms with van der Waals surface area (Å²) >= 11 is 0. The van der Waals surface area contributed by atoms with Crippen molar-refractivity contribution in [3.8, 4) is 0 Å². The van der Waals surface area contributed by atoms with Gasteiger partial charge in [-0.05, 0) is 0 Å². The fourth-order valence-electron chi connectivity index (χ4n) is 0.687. The van der Waals surface area contributed by atoms with Crippen molar-refractivity contribution in [1.82, 2.24) is 5.32 Å². The predicted molar refractivity (Wildman–Crippen MR) is 43.3 cm³/mol. The Morgan fingerprint density at radius 2 is 2.20 bits per heavy atom. The van der Waals surface area contributed by atoms with Gasteiger partial charge in [-0.3, -0.25) is 0 Å². The Kier molecular flexibility index (Phi) is 5.06. The summed E-state index contributed by atoms with van der Waals surface area (Å²) in [6.07, 6.45) is 0. The second-order valence-corrected chi connectivity index (χ2v) is 2.96. The molecular weight excluding hydrogens is 174 g/mol. The molecule has 0 aliphatic carbocycles. The molecule has 0 spiro atoms. The van der Waals surface area contributed by atoms with E-state index in [0.29, 0.717) is 13.2 Å². The molecule has 10 heavy (non-hydrogen) atoms. The van der Waals surface area contributed by atoms with Crippen molar-refractivity contribution >= 4 is 24.2 Å². The van der Waals surface area contributed by atoms with Gasteiger partial charge in [0.2, 0.25) is 0 Å². The van der Waals surface area contributed by atoms with E-state index < -0.39 is 16.1 Å². The molecule has 1 fully saturated rings. The van der Waals surface area contributed by atoms with Crippen LogP contribution in [-0.4, -0.2) is 33.6 Å². The first kappa shape index (κ1) is 10.2. The van der Waals surface area contributed by atoms with Crippen LogP contribution in [0.1, 0.15) is 0 Å². The maximum absolute atomic E-state index is 10.2. The Morgan fingerprint density at radius 1 is 1.50 bits per heavy atom. The van der Waals surface area contributed by atoms with Crippen LogP contribution in [0.2, 0.25) is 0 Å². The molecule has 62 valence electrons. The van der Waals surface area contributed by atoms with Crippen LogP contribution in [0.25, 0.3) is 0 Å². The molecule has 6 heteroatoms. The summed E-state index contributed by atoms with van der Waals surface area (Å²) in [5.41, 5.74) is -0.603. The zero-order valence-electron chi connectivity index (χ0n) is 5.37. The number of hydrogen-bond acceptors (Lipinski definition) is 4. The first-order valence-corrected chi connectivity index (χ1v) is 4.01. The Morgan fingerprint density at radius 3 is 2.50 bits per heavy atom. The highest BCUT2D eigenvalue weighted by Crippen LogP contribution is 1.94. The highest BCUT2D eigenvalue weighted by molar-refractivity contribution is 7.73. The SMILES string of the molecule is O=[SH](=O)C1CNCCO1.S. The Labute approximate surface area is 68.3 Å². The highest BCUT2D eigenvalue weighted by atomic mass is 32.2. The Hall–Kier alpha value is 0.220. The Bertz CT molecular complexity index is 145.